The van der Waals surface area contributed by atoms with Crippen molar-refractivity contribution in [1.82, 2.24) is 5.32 Å². The van der Waals surface area contributed by atoms with Crippen LogP contribution in [0.2, 0.25) is 0 Å². The molecule has 0 radical (unpaired) electrons. The Balaban J connectivity index is 2.11. The van der Waals surface area contributed by atoms with E-state index in [0.29, 0.717) is 18.3 Å². The highest BCUT2D eigenvalue weighted by molar-refractivity contribution is 5.81. The monoisotopic (exact) mass is 355 g/mol. The molecule has 1 aromatic rings. The van der Waals surface area contributed by atoms with Crippen molar-refractivity contribution in [3.05, 3.63) is 30.1 Å². The zero-order chi connectivity index (χ0) is 18.7. The molecular weight excluding hydrogens is 329 g/mol. The van der Waals surface area contributed by atoms with Crippen LogP contribution in [0.3, 0.4) is 0 Å². The molecule has 0 bridgehead atoms. The number of halogens is 1. The second kappa shape index (κ2) is 11.4. The molecule has 0 aliphatic rings. The maximum absolute atomic E-state index is 12.7. The predicted octanol–water partition coefficient (Wildman–Crippen LogP) is 2.32. The average Bonchev–Trinajstić information content (AvgIpc) is 2.57. The van der Waals surface area contributed by atoms with Gasteiger partial charge in [0.15, 0.2) is 12.7 Å². The van der Waals surface area contributed by atoms with E-state index in [-0.39, 0.29) is 25.6 Å². The lowest BCUT2D eigenvalue weighted by atomic mass is 10.1. The maximum Gasteiger partial charge on any atom is 0.335 e. The molecule has 0 aliphatic carbocycles. The van der Waals surface area contributed by atoms with Crippen LogP contribution in [0.25, 0.3) is 0 Å². The number of amides is 1. The first-order chi connectivity index (χ1) is 11.9. The number of ether oxygens (including phenoxy) is 3. The van der Waals surface area contributed by atoms with Crippen LogP contribution >= 0.6 is 0 Å². The molecule has 0 fully saturated rings. The minimum Gasteiger partial charge on any atom is -0.492 e. The highest BCUT2D eigenvalue weighted by atomic mass is 19.1. The molecule has 0 saturated carbocycles. The molecule has 7 heteroatoms. The molecule has 1 N–H and O–H groups in total. The van der Waals surface area contributed by atoms with E-state index in [9.17, 15) is 14.0 Å². The van der Waals surface area contributed by atoms with Crippen molar-refractivity contribution in [1.29, 1.82) is 0 Å². The second-order valence-corrected chi connectivity index (χ2v) is 5.96. The highest BCUT2D eigenvalue weighted by Crippen LogP contribution is 2.10. The summed E-state index contributed by atoms with van der Waals surface area (Å²) in [6.07, 6.45) is 0.153. The van der Waals surface area contributed by atoms with Crippen LogP contribution in [0.5, 0.6) is 5.75 Å². The SMILES string of the molecule is CC(C)CCOC(C)C(=O)OCC(=O)NCCOc1ccc(F)cc1. The quantitative estimate of drug-likeness (QED) is 0.487. The van der Waals surface area contributed by atoms with Crippen molar-refractivity contribution < 1.29 is 28.2 Å². The highest BCUT2D eigenvalue weighted by Gasteiger charge is 2.16. The number of hydrogen-bond acceptors (Lipinski definition) is 5. The number of carbonyl (C=O) groups excluding carboxylic acids is 2. The van der Waals surface area contributed by atoms with Gasteiger partial charge in [-0.05, 0) is 43.5 Å². The summed E-state index contributed by atoms with van der Waals surface area (Å²) in [4.78, 5) is 23.3. The molecule has 0 aliphatic heterocycles. The largest absolute Gasteiger partial charge is 0.492 e. The minimum absolute atomic E-state index is 0.222. The van der Waals surface area contributed by atoms with E-state index in [0.717, 1.165) is 6.42 Å². The van der Waals surface area contributed by atoms with E-state index in [4.69, 9.17) is 14.2 Å². The van der Waals surface area contributed by atoms with Crippen molar-refractivity contribution in [2.45, 2.75) is 33.3 Å². The molecule has 0 heterocycles. The predicted molar refractivity (Wildman–Crippen MR) is 90.7 cm³/mol. The van der Waals surface area contributed by atoms with Crippen LogP contribution in [0.15, 0.2) is 24.3 Å². The summed E-state index contributed by atoms with van der Waals surface area (Å²) in [6.45, 7) is 6.30. The summed E-state index contributed by atoms with van der Waals surface area (Å²) >= 11 is 0. The summed E-state index contributed by atoms with van der Waals surface area (Å²) in [5.41, 5.74) is 0. The fourth-order valence-corrected chi connectivity index (χ4v) is 1.74. The Morgan fingerprint density at radius 1 is 1.12 bits per heavy atom. The first kappa shape index (κ1) is 20.9. The Morgan fingerprint density at radius 2 is 1.80 bits per heavy atom. The molecule has 1 unspecified atom stereocenters. The van der Waals surface area contributed by atoms with Crippen LogP contribution < -0.4 is 10.1 Å². The topological polar surface area (TPSA) is 73.9 Å². The lowest BCUT2D eigenvalue weighted by Crippen LogP contribution is -2.34. The van der Waals surface area contributed by atoms with Gasteiger partial charge in [0.05, 0.1) is 6.54 Å². The van der Waals surface area contributed by atoms with Crippen molar-refractivity contribution >= 4 is 11.9 Å². The van der Waals surface area contributed by atoms with E-state index in [1.54, 1.807) is 6.92 Å². The molecule has 140 valence electrons. The minimum atomic E-state index is -0.701. The fraction of sp³-hybridized carbons (Fsp3) is 0.556. The third-order valence-electron chi connectivity index (χ3n) is 3.25. The van der Waals surface area contributed by atoms with Crippen LogP contribution in [0, 0.1) is 11.7 Å². The Hall–Kier alpha value is -2.15. The van der Waals surface area contributed by atoms with Gasteiger partial charge < -0.3 is 19.5 Å². The summed E-state index contributed by atoms with van der Waals surface area (Å²) in [5, 5.41) is 2.56. The Bertz CT molecular complexity index is 533. The molecular formula is C18H26FNO5. The van der Waals surface area contributed by atoms with Crippen molar-refractivity contribution in [3.63, 3.8) is 0 Å². The number of nitrogens with one attached hydrogen (secondary N) is 1. The molecule has 1 aromatic carbocycles. The Kier molecular flexibility index (Phi) is 9.54. The third kappa shape index (κ3) is 9.66. The first-order valence-electron chi connectivity index (χ1n) is 8.31. The zero-order valence-electron chi connectivity index (χ0n) is 14.9. The van der Waals surface area contributed by atoms with Crippen LogP contribution in [-0.2, 0) is 19.1 Å². The standard InChI is InChI=1S/C18H26FNO5/c1-13(2)8-10-23-14(3)18(22)25-12-17(21)20-9-11-24-16-6-4-15(19)5-7-16/h4-7,13-14H,8-12H2,1-3H3,(H,20,21). The van der Waals surface area contributed by atoms with E-state index in [1.165, 1.54) is 24.3 Å². The number of esters is 1. The first-order valence-corrected chi connectivity index (χ1v) is 8.31. The fourth-order valence-electron chi connectivity index (χ4n) is 1.74. The molecule has 0 aromatic heterocycles. The molecule has 1 amide bonds. The van der Waals surface area contributed by atoms with Gasteiger partial charge in [0, 0.05) is 6.61 Å². The molecule has 6 nitrogen and oxygen atoms in total. The van der Waals surface area contributed by atoms with Gasteiger partial charge in [-0.3, -0.25) is 4.79 Å². The van der Waals surface area contributed by atoms with Crippen LogP contribution in [0.4, 0.5) is 4.39 Å². The summed E-state index contributed by atoms with van der Waals surface area (Å²) in [7, 11) is 0. The number of hydrogen-bond donors (Lipinski definition) is 1. The van der Waals surface area contributed by atoms with Crippen LogP contribution in [0.1, 0.15) is 27.2 Å². The van der Waals surface area contributed by atoms with Crippen LogP contribution in [-0.4, -0.2) is 44.3 Å². The average molecular weight is 355 g/mol. The lowest BCUT2D eigenvalue weighted by molar-refractivity contribution is -0.159. The normalized spacial score (nSPS) is 11.9. The number of benzene rings is 1. The summed E-state index contributed by atoms with van der Waals surface area (Å²) < 4.78 is 28.3. The van der Waals surface area contributed by atoms with Gasteiger partial charge in [-0.2, -0.15) is 0 Å². The van der Waals surface area contributed by atoms with Gasteiger partial charge in [0.25, 0.3) is 5.91 Å². The smallest absolute Gasteiger partial charge is 0.335 e. The number of carbonyl (C=O) groups is 2. The van der Waals surface area contributed by atoms with Gasteiger partial charge >= 0.3 is 5.97 Å². The maximum atomic E-state index is 12.7. The van der Waals surface area contributed by atoms with Gasteiger partial charge in [-0.25, -0.2) is 9.18 Å². The lowest BCUT2D eigenvalue weighted by Gasteiger charge is -2.13. The van der Waals surface area contributed by atoms with Gasteiger partial charge in [0.1, 0.15) is 18.2 Å². The summed E-state index contributed by atoms with van der Waals surface area (Å²) in [6, 6.07) is 5.58. The molecule has 0 saturated heterocycles. The molecule has 25 heavy (non-hydrogen) atoms. The van der Waals surface area contributed by atoms with E-state index < -0.39 is 18.0 Å². The second-order valence-electron chi connectivity index (χ2n) is 5.96. The summed E-state index contributed by atoms with van der Waals surface area (Å²) in [5.74, 6) is -0.336. The van der Waals surface area contributed by atoms with Gasteiger partial charge in [-0.15, -0.1) is 0 Å². The zero-order valence-corrected chi connectivity index (χ0v) is 14.9. The van der Waals surface area contributed by atoms with Crippen molar-refractivity contribution in [2.24, 2.45) is 5.92 Å². The van der Waals surface area contributed by atoms with E-state index >= 15 is 0 Å². The molecule has 1 atom stereocenters. The van der Waals surface area contributed by atoms with Crippen molar-refractivity contribution in [2.75, 3.05) is 26.4 Å². The number of rotatable bonds is 11. The Labute approximate surface area is 147 Å². The molecule has 1 rings (SSSR count). The van der Waals surface area contributed by atoms with Gasteiger partial charge in [-0.1, -0.05) is 13.8 Å². The molecule has 0 spiro atoms. The van der Waals surface area contributed by atoms with Crippen molar-refractivity contribution in [3.8, 4) is 5.75 Å². The van der Waals surface area contributed by atoms with Gasteiger partial charge in [0.2, 0.25) is 0 Å². The van der Waals surface area contributed by atoms with E-state index in [2.05, 4.69) is 19.2 Å². The van der Waals surface area contributed by atoms with E-state index in [1.807, 2.05) is 0 Å². The Morgan fingerprint density at radius 3 is 2.44 bits per heavy atom. The third-order valence-corrected chi connectivity index (χ3v) is 3.25.